The first-order valence-electron chi connectivity index (χ1n) is 38.9. The molecule has 5 aliphatic rings. The highest BCUT2D eigenvalue weighted by Gasteiger charge is 2.19. The van der Waals surface area contributed by atoms with Gasteiger partial charge >= 0.3 is 0 Å². The molecule has 1 heterocycles. The summed E-state index contributed by atoms with van der Waals surface area (Å²) in [6, 6.07) is 12.9. The van der Waals surface area contributed by atoms with Crippen LogP contribution in [0.25, 0.3) is 0 Å². The van der Waals surface area contributed by atoms with Crippen LogP contribution in [-0.4, -0.2) is 4.98 Å². The minimum Gasteiger partial charge on any atom is -0.261 e. The second kappa shape index (κ2) is 62.6. The Hall–Kier alpha value is -4.23. The Morgan fingerprint density at radius 1 is 0.215 bits per heavy atom. The maximum atomic E-state index is 4.40. The zero-order valence-electron chi connectivity index (χ0n) is 70.9. The zero-order chi connectivity index (χ0) is 74.4. The molecule has 0 aliphatic heterocycles. The van der Waals surface area contributed by atoms with Gasteiger partial charge in [0.05, 0.1) is 0 Å². The van der Waals surface area contributed by atoms with E-state index in [4.69, 9.17) is 0 Å². The van der Waals surface area contributed by atoms with Crippen LogP contribution < -0.4 is 0 Å². The standard InChI is InChI=1S/C12H18.C11H17N.5C11H18.7C2H6/c1-9(2)11-7-5-6-8-12(11)10(3)4;1-8(2)10-6-5-7-12-11(10)9(3)4;5*1-8(2)10-6-5-7-11(10)9(3)4;7*1-2/h5-10H,1-4H3;5-9H,1-4H3;5*5-6,8-9H,7H2,1-4H3;7*1-2H3. The smallest absolute Gasteiger partial charge is 0.0463 e. The topological polar surface area (TPSA) is 12.9 Å². The molecule has 0 saturated heterocycles. The van der Waals surface area contributed by atoms with E-state index in [0.29, 0.717) is 53.3 Å². The summed E-state index contributed by atoms with van der Waals surface area (Å²) in [6.45, 7) is 91.3. The molecule has 0 amide bonds. The predicted octanol–water partition coefficient (Wildman–Crippen LogP) is 32.2. The van der Waals surface area contributed by atoms with Gasteiger partial charge in [-0.15, -0.1) is 0 Å². The van der Waals surface area contributed by atoms with Gasteiger partial charge in [0.2, 0.25) is 0 Å². The van der Waals surface area contributed by atoms with Crippen molar-refractivity contribution in [1.29, 1.82) is 0 Å². The molecule has 0 saturated carbocycles. The van der Waals surface area contributed by atoms with Crippen molar-refractivity contribution in [2.24, 2.45) is 59.2 Å². The van der Waals surface area contributed by atoms with Crippen LogP contribution in [0.1, 0.15) is 369 Å². The van der Waals surface area contributed by atoms with Crippen LogP contribution in [0, 0.1) is 59.2 Å². The molecule has 0 fully saturated rings. The van der Waals surface area contributed by atoms with Crippen molar-refractivity contribution in [3.05, 3.63) is 181 Å². The lowest BCUT2D eigenvalue weighted by atomic mass is 9.91. The molecule has 1 aromatic carbocycles. The molecule has 0 spiro atoms. The van der Waals surface area contributed by atoms with E-state index in [1.807, 2.05) is 109 Å². The lowest BCUT2D eigenvalue weighted by molar-refractivity contribution is 0.702. The highest BCUT2D eigenvalue weighted by atomic mass is 14.7. The van der Waals surface area contributed by atoms with Gasteiger partial charge in [-0.25, -0.2) is 0 Å². The summed E-state index contributed by atoms with van der Waals surface area (Å²) < 4.78 is 0. The summed E-state index contributed by atoms with van der Waals surface area (Å²) >= 11 is 0. The molecule has 0 radical (unpaired) electrons. The van der Waals surface area contributed by atoms with E-state index in [1.165, 1.54) is 54.5 Å². The van der Waals surface area contributed by atoms with Crippen molar-refractivity contribution in [2.45, 2.75) is 347 Å². The first-order chi connectivity index (χ1) is 43.9. The number of nitrogens with zero attached hydrogens (tertiary/aromatic N) is 1. The van der Waals surface area contributed by atoms with Gasteiger partial charge in [-0.3, -0.25) is 4.98 Å². The van der Waals surface area contributed by atoms with E-state index in [0.717, 1.165) is 29.6 Å². The van der Waals surface area contributed by atoms with Crippen molar-refractivity contribution >= 4 is 0 Å². The van der Waals surface area contributed by atoms with Gasteiger partial charge in [0, 0.05) is 11.9 Å². The highest BCUT2D eigenvalue weighted by Crippen LogP contribution is 2.34. The predicted molar refractivity (Wildman–Crippen MR) is 439 cm³/mol. The molecule has 2 aromatic rings. The maximum Gasteiger partial charge on any atom is 0.0463 e. The van der Waals surface area contributed by atoms with Crippen molar-refractivity contribution in [2.75, 3.05) is 0 Å². The van der Waals surface area contributed by atoms with Crippen LogP contribution in [0.4, 0.5) is 0 Å². The lowest BCUT2D eigenvalue weighted by Gasteiger charge is -2.14. The molecule has 540 valence electrons. The van der Waals surface area contributed by atoms with Gasteiger partial charge in [-0.2, -0.15) is 0 Å². The monoisotopic (exact) mass is 1290 g/mol. The van der Waals surface area contributed by atoms with Crippen molar-refractivity contribution in [3.63, 3.8) is 0 Å². The molecule has 1 nitrogen and oxygen atoms in total. The third-order valence-electron chi connectivity index (χ3n) is 15.9. The van der Waals surface area contributed by atoms with Crippen LogP contribution in [0.5, 0.6) is 0 Å². The Morgan fingerprint density at radius 2 is 0.398 bits per heavy atom. The molecule has 1 aromatic heterocycles. The maximum absolute atomic E-state index is 4.40. The van der Waals surface area contributed by atoms with E-state index in [9.17, 15) is 0 Å². The molecular weight excluding hydrogens is 1120 g/mol. The number of aromatic nitrogens is 1. The minimum absolute atomic E-state index is 0.531. The number of pyridine rings is 1. The average molecular weight is 1290 g/mol. The number of allylic oxidation sites excluding steroid dienone is 20. The molecule has 93 heavy (non-hydrogen) atoms. The van der Waals surface area contributed by atoms with E-state index in [1.54, 1.807) is 55.7 Å². The van der Waals surface area contributed by atoms with E-state index in [2.05, 4.69) is 290 Å². The number of hydrogen-bond donors (Lipinski definition) is 0. The Balaban J connectivity index is -0.000000180. The Kier molecular flexibility index (Phi) is 68.8. The van der Waals surface area contributed by atoms with Gasteiger partial charge in [0.15, 0.2) is 0 Å². The number of rotatable bonds is 14. The summed E-state index contributed by atoms with van der Waals surface area (Å²) in [7, 11) is 0. The molecule has 5 aliphatic carbocycles. The summed E-state index contributed by atoms with van der Waals surface area (Å²) in [6.07, 6.45) is 30.7. The summed E-state index contributed by atoms with van der Waals surface area (Å²) in [5.41, 5.74) is 21.7. The lowest BCUT2D eigenvalue weighted by Crippen LogP contribution is -2.00. The zero-order valence-corrected chi connectivity index (χ0v) is 70.9. The third-order valence-corrected chi connectivity index (χ3v) is 15.9. The normalized spacial score (nSPS) is 13.8. The molecule has 0 atom stereocenters. The van der Waals surface area contributed by atoms with Crippen molar-refractivity contribution < 1.29 is 0 Å². The van der Waals surface area contributed by atoms with E-state index in [-0.39, 0.29) is 0 Å². The Labute approximate surface area is 588 Å². The summed E-state index contributed by atoms with van der Waals surface area (Å²) in [5, 5.41) is 0. The second-order valence-corrected chi connectivity index (χ2v) is 27.2. The fraction of sp³-hybridized carbons (Fsp3) is 0.663. The fourth-order valence-corrected chi connectivity index (χ4v) is 11.3. The molecule has 7 rings (SSSR count). The second-order valence-electron chi connectivity index (χ2n) is 27.2. The summed E-state index contributed by atoms with van der Waals surface area (Å²) in [5.74, 6) is 9.52. The van der Waals surface area contributed by atoms with Gasteiger partial charge in [0.1, 0.15) is 0 Å². The van der Waals surface area contributed by atoms with Crippen LogP contribution in [0.3, 0.4) is 0 Å². The fourth-order valence-electron chi connectivity index (χ4n) is 11.3. The van der Waals surface area contributed by atoms with Gasteiger partial charge in [-0.05, 0) is 166 Å². The third kappa shape index (κ3) is 42.1. The van der Waals surface area contributed by atoms with E-state index < -0.39 is 0 Å². The number of benzene rings is 1. The van der Waals surface area contributed by atoms with Crippen molar-refractivity contribution in [1.82, 2.24) is 4.98 Å². The Morgan fingerprint density at radius 3 is 0.527 bits per heavy atom. The molecule has 1 heteroatoms. The Bertz CT molecular complexity index is 2040. The van der Waals surface area contributed by atoms with Crippen LogP contribution in [0.2, 0.25) is 0 Å². The van der Waals surface area contributed by atoms with Crippen LogP contribution >= 0.6 is 0 Å². The summed E-state index contributed by atoms with van der Waals surface area (Å²) in [4.78, 5) is 4.40. The van der Waals surface area contributed by atoms with Gasteiger partial charge in [0.25, 0.3) is 0 Å². The quantitative estimate of drug-likeness (QED) is 0.184. The highest BCUT2D eigenvalue weighted by molar-refractivity contribution is 5.39. The molecular formula is C92H167N. The average Bonchev–Trinajstić information content (AvgIpc) is 2.20. The largest absolute Gasteiger partial charge is 0.261 e. The van der Waals surface area contributed by atoms with E-state index >= 15 is 0 Å². The first kappa shape index (κ1) is 102. The number of hydrogen-bond acceptors (Lipinski definition) is 1. The molecule has 0 bridgehead atoms. The molecule has 0 unspecified atom stereocenters. The van der Waals surface area contributed by atoms with Gasteiger partial charge in [-0.1, -0.05) is 410 Å². The van der Waals surface area contributed by atoms with Gasteiger partial charge < -0.3 is 0 Å². The SMILES string of the molecule is CC.CC.CC.CC.CC.CC.CC.CC(C)C1=C(C(C)C)CC=C1.CC(C)C1=C(C(C)C)CC=C1.CC(C)C1=C(C(C)C)CC=C1.CC(C)C1=C(C(C)C)CC=C1.CC(C)C1=C(C(C)C)CC=C1.CC(C)c1ccccc1C(C)C.CC(C)c1cccnc1C(C)C. The van der Waals surface area contributed by atoms with Crippen LogP contribution in [-0.2, 0) is 0 Å². The minimum atomic E-state index is 0.531. The molecule has 0 N–H and O–H groups in total. The van der Waals surface area contributed by atoms with Crippen molar-refractivity contribution in [3.8, 4) is 0 Å². The first-order valence-corrected chi connectivity index (χ1v) is 38.9. The van der Waals surface area contributed by atoms with Crippen LogP contribution in [0.15, 0.2) is 159 Å².